The van der Waals surface area contributed by atoms with Crippen LogP contribution in [0, 0.1) is 11.8 Å². The molecule has 1 aliphatic rings. The van der Waals surface area contributed by atoms with Crippen LogP contribution in [-0.2, 0) is 9.47 Å². The number of benzene rings is 1. The standard InChI is InChI=1S/C15H18O2/c1-14(2)11-12-16-15(3,17-14)10-9-13-7-5-4-6-8-13/h4-8H,11-12H2,1-3H3/t15-/m1/s1. The molecule has 1 fully saturated rings. The van der Waals surface area contributed by atoms with Gasteiger partial charge in [0.15, 0.2) is 0 Å². The summed E-state index contributed by atoms with van der Waals surface area (Å²) < 4.78 is 11.5. The molecule has 2 nitrogen and oxygen atoms in total. The molecule has 0 amide bonds. The normalized spacial score (nSPS) is 27.0. The van der Waals surface area contributed by atoms with Crippen molar-refractivity contribution < 1.29 is 9.47 Å². The second-order valence-corrected chi connectivity index (χ2v) is 5.02. The maximum atomic E-state index is 5.89. The first-order chi connectivity index (χ1) is 7.99. The van der Waals surface area contributed by atoms with Crippen LogP contribution in [0.3, 0.4) is 0 Å². The Hall–Kier alpha value is -1.30. The Labute approximate surface area is 103 Å². The molecule has 0 saturated carbocycles. The van der Waals surface area contributed by atoms with Gasteiger partial charge in [0.05, 0.1) is 12.2 Å². The number of rotatable bonds is 0. The highest BCUT2D eigenvalue weighted by molar-refractivity contribution is 5.35. The maximum absolute atomic E-state index is 5.89. The van der Waals surface area contributed by atoms with Crippen LogP contribution in [0.1, 0.15) is 32.8 Å². The van der Waals surface area contributed by atoms with Crippen LogP contribution in [-0.4, -0.2) is 18.0 Å². The molecule has 1 aliphatic heterocycles. The zero-order valence-electron chi connectivity index (χ0n) is 10.6. The largest absolute Gasteiger partial charge is 0.340 e. The summed E-state index contributed by atoms with van der Waals surface area (Å²) in [6, 6.07) is 9.87. The van der Waals surface area contributed by atoms with E-state index in [1.807, 2.05) is 37.3 Å². The van der Waals surface area contributed by atoms with E-state index in [1.165, 1.54) is 0 Å². The topological polar surface area (TPSA) is 18.5 Å². The summed E-state index contributed by atoms with van der Waals surface area (Å²) in [5, 5.41) is 0. The van der Waals surface area contributed by atoms with Gasteiger partial charge in [0.2, 0.25) is 5.79 Å². The molecule has 0 spiro atoms. The molecule has 1 aromatic carbocycles. The summed E-state index contributed by atoms with van der Waals surface area (Å²) in [7, 11) is 0. The van der Waals surface area contributed by atoms with Crippen molar-refractivity contribution in [3.05, 3.63) is 35.9 Å². The minimum absolute atomic E-state index is 0.168. The first kappa shape index (κ1) is 12.2. The molecule has 1 saturated heterocycles. The third kappa shape index (κ3) is 3.33. The summed E-state index contributed by atoms with van der Waals surface area (Å²) in [6.45, 7) is 6.70. The average Bonchev–Trinajstić information content (AvgIpc) is 2.26. The molecule has 1 atom stereocenters. The Morgan fingerprint density at radius 2 is 1.82 bits per heavy atom. The molecule has 90 valence electrons. The molecule has 0 aromatic heterocycles. The molecule has 1 heterocycles. The van der Waals surface area contributed by atoms with E-state index in [0.29, 0.717) is 6.61 Å². The van der Waals surface area contributed by atoms with Crippen LogP contribution in [0.25, 0.3) is 0 Å². The van der Waals surface area contributed by atoms with Crippen molar-refractivity contribution in [2.45, 2.75) is 38.6 Å². The van der Waals surface area contributed by atoms with Crippen molar-refractivity contribution in [1.82, 2.24) is 0 Å². The minimum Gasteiger partial charge on any atom is -0.340 e. The first-order valence-corrected chi connectivity index (χ1v) is 5.92. The van der Waals surface area contributed by atoms with E-state index in [9.17, 15) is 0 Å². The highest BCUT2D eigenvalue weighted by atomic mass is 16.7. The zero-order valence-corrected chi connectivity index (χ0v) is 10.6. The van der Waals surface area contributed by atoms with Crippen molar-refractivity contribution in [2.24, 2.45) is 0 Å². The third-order valence-corrected chi connectivity index (χ3v) is 2.76. The lowest BCUT2D eigenvalue weighted by atomic mass is 10.0. The molecule has 2 heteroatoms. The van der Waals surface area contributed by atoms with E-state index < -0.39 is 5.79 Å². The molecule has 17 heavy (non-hydrogen) atoms. The van der Waals surface area contributed by atoms with E-state index in [-0.39, 0.29) is 5.60 Å². The highest BCUT2D eigenvalue weighted by Gasteiger charge is 2.37. The smallest absolute Gasteiger partial charge is 0.231 e. The molecule has 1 aromatic rings. The van der Waals surface area contributed by atoms with Gasteiger partial charge in [-0.3, -0.25) is 0 Å². The molecule has 2 rings (SSSR count). The second-order valence-electron chi connectivity index (χ2n) is 5.02. The van der Waals surface area contributed by atoms with Crippen molar-refractivity contribution in [2.75, 3.05) is 6.61 Å². The Kier molecular flexibility index (Phi) is 3.24. The first-order valence-electron chi connectivity index (χ1n) is 5.92. The van der Waals surface area contributed by atoms with Gasteiger partial charge in [-0.05, 0) is 38.3 Å². The molecular weight excluding hydrogens is 212 g/mol. The summed E-state index contributed by atoms with van der Waals surface area (Å²) in [6.07, 6.45) is 0.898. The maximum Gasteiger partial charge on any atom is 0.231 e. The molecule has 0 N–H and O–H groups in total. The van der Waals surface area contributed by atoms with Crippen molar-refractivity contribution in [3.63, 3.8) is 0 Å². The molecular formula is C15H18O2. The number of ether oxygens (including phenoxy) is 2. The predicted octanol–water partition coefficient (Wildman–Crippen LogP) is 2.97. The van der Waals surface area contributed by atoms with E-state index in [1.54, 1.807) is 0 Å². The van der Waals surface area contributed by atoms with Gasteiger partial charge in [-0.2, -0.15) is 0 Å². The van der Waals surface area contributed by atoms with E-state index in [2.05, 4.69) is 25.7 Å². The Morgan fingerprint density at radius 1 is 1.12 bits per heavy atom. The fourth-order valence-corrected chi connectivity index (χ4v) is 1.87. The van der Waals surface area contributed by atoms with Crippen LogP contribution in [0.5, 0.6) is 0 Å². The molecule has 0 unspecified atom stereocenters. The van der Waals surface area contributed by atoms with Crippen molar-refractivity contribution >= 4 is 0 Å². The number of hydrogen-bond acceptors (Lipinski definition) is 2. The Bertz CT molecular complexity index is 439. The van der Waals surface area contributed by atoms with Crippen molar-refractivity contribution in [3.8, 4) is 11.8 Å². The zero-order chi connectivity index (χ0) is 12.4. The van der Waals surface area contributed by atoms with Gasteiger partial charge >= 0.3 is 0 Å². The van der Waals surface area contributed by atoms with Gasteiger partial charge in [-0.15, -0.1) is 0 Å². The van der Waals surface area contributed by atoms with Crippen LogP contribution in [0.4, 0.5) is 0 Å². The van der Waals surface area contributed by atoms with Gasteiger partial charge in [0.25, 0.3) is 0 Å². The molecule has 0 bridgehead atoms. The van der Waals surface area contributed by atoms with E-state index in [4.69, 9.17) is 9.47 Å². The summed E-state index contributed by atoms with van der Waals surface area (Å²) in [5.74, 6) is 5.37. The predicted molar refractivity (Wildman–Crippen MR) is 67.5 cm³/mol. The Balaban J connectivity index is 2.15. The van der Waals surface area contributed by atoms with E-state index in [0.717, 1.165) is 12.0 Å². The Morgan fingerprint density at radius 3 is 2.47 bits per heavy atom. The van der Waals surface area contributed by atoms with Crippen LogP contribution < -0.4 is 0 Å². The lowest BCUT2D eigenvalue weighted by Crippen LogP contribution is -2.46. The monoisotopic (exact) mass is 230 g/mol. The quantitative estimate of drug-likeness (QED) is 0.638. The molecule has 0 radical (unpaired) electrons. The van der Waals surface area contributed by atoms with Crippen LogP contribution in [0.2, 0.25) is 0 Å². The average molecular weight is 230 g/mol. The third-order valence-electron chi connectivity index (χ3n) is 2.76. The molecule has 0 aliphatic carbocycles. The summed E-state index contributed by atoms with van der Waals surface area (Å²) in [4.78, 5) is 0. The SMILES string of the molecule is CC1(C)CCO[C@@](C)(C#Cc2ccccc2)O1. The lowest BCUT2D eigenvalue weighted by molar-refractivity contribution is -0.278. The number of hydrogen-bond donors (Lipinski definition) is 0. The summed E-state index contributed by atoms with van der Waals surface area (Å²) >= 11 is 0. The van der Waals surface area contributed by atoms with Crippen molar-refractivity contribution in [1.29, 1.82) is 0 Å². The van der Waals surface area contributed by atoms with Crippen LogP contribution in [0.15, 0.2) is 30.3 Å². The fraction of sp³-hybridized carbons (Fsp3) is 0.467. The van der Waals surface area contributed by atoms with Crippen LogP contribution >= 0.6 is 0 Å². The highest BCUT2D eigenvalue weighted by Crippen LogP contribution is 2.29. The van der Waals surface area contributed by atoms with Gasteiger partial charge < -0.3 is 9.47 Å². The van der Waals surface area contributed by atoms with Gasteiger partial charge in [-0.1, -0.05) is 24.1 Å². The van der Waals surface area contributed by atoms with Gasteiger partial charge in [-0.25, -0.2) is 0 Å². The lowest BCUT2D eigenvalue weighted by Gasteiger charge is -2.40. The summed E-state index contributed by atoms with van der Waals surface area (Å²) in [5.41, 5.74) is 0.808. The second kappa shape index (κ2) is 4.52. The fourth-order valence-electron chi connectivity index (χ4n) is 1.87. The van der Waals surface area contributed by atoms with E-state index >= 15 is 0 Å². The van der Waals surface area contributed by atoms with Gasteiger partial charge in [0, 0.05) is 12.5 Å². The van der Waals surface area contributed by atoms with Gasteiger partial charge in [0.1, 0.15) is 0 Å². The minimum atomic E-state index is -0.794.